The first-order valence-electron chi connectivity index (χ1n) is 5.90. The lowest BCUT2D eigenvalue weighted by atomic mass is 9.93. The molecular weight excluding hydrogens is 315 g/mol. The van der Waals surface area contributed by atoms with Crippen molar-refractivity contribution in [2.45, 2.75) is 4.84 Å². The van der Waals surface area contributed by atoms with E-state index in [0.29, 0.717) is 5.56 Å². The van der Waals surface area contributed by atoms with Crippen LogP contribution in [-0.2, 0) is 0 Å². The van der Waals surface area contributed by atoms with Crippen LogP contribution in [0.1, 0.15) is 31.1 Å². The van der Waals surface area contributed by atoms with Crippen molar-refractivity contribution < 1.29 is 19.8 Å². The maximum absolute atomic E-state index is 11.5. The van der Waals surface area contributed by atoms with Crippen molar-refractivity contribution in [1.82, 2.24) is 0 Å². The van der Waals surface area contributed by atoms with Gasteiger partial charge in [0.25, 0.3) is 0 Å². The molecule has 2 rings (SSSR count). The highest BCUT2D eigenvalue weighted by Crippen LogP contribution is 2.35. The second kappa shape index (κ2) is 6.16. The maximum Gasteiger partial charge on any atom is 0.336 e. The van der Waals surface area contributed by atoms with Gasteiger partial charge >= 0.3 is 11.9 Å². The van der Waals surface area contributed by atoms with Gasteiger partial charge in [-0.25, -0.2) is 9.59 Å². The molecule has 0 saturated heterocycles. The summed E-state index contributed by atoms with van der Waals surface area (Å²) in [7, 11) is 0. The fourth-order valence-corrected chi connectivity index (χ4v) is 2.48. The first-order valence-corrected chi connectivity index (χ1v) is 6.77. The van der Waals surface area contributed by atoms with E-state index in [-0.39, 0.29) is 22.3 Å². The standard InChI is InChI=1S/C15H10Cl2O4/c16-13(17)11-7-3-6-9(12(11)15(20)21)8-4-1-2-5-10(8)14(18)19/h1-7,13H,(H,18,19)(H,20,21). The number of halogens is 2. The highest BCUT2D eigenvalue weighted by atomic mass is 35.5. The molecule has 0 radical (unpaired) electrons. The van der Waals surface area contributed by atoms with Crippen molar-refractivity contribution in [2.24, 2.45) is 0 Å². The minimum absolute atomic E-state index is 0.0119. The molecule has 0 spiro atoms. The molecule has 0 atom stereocenters. The molecule has 0 aliphatic carbocycles. The molecule has 0 aliphatic rings. The lowest BCUT2D eigenvalue weighted by Gasteiger charge is -2.14. The molecule has 0 unspecified atom stereocenters. The van der Waals surface area contributed by atoms with E-state index in [1.54, 1.807) is 24.3 Å². The average molecular weight is 325 g/mol. The molecule has 2 N–H and O–H groups in total. The van der Waals surface area contributed by atoms with Crippen molar-refractivity contribution in [3.8, 4) is 11.1 Å². The maximum atomic E-state index is 11.5. The van der Waals surface area contributed by atoms with Crippen LogP contribution >= 0.6 is 23.2 Å². The van der Waals surface area contributed by atoms with E-state index in [0.717, 1.165) is 0 Å². The second-order valence-electron chi connectivity index (χ2n) is 4.23. The van der Waals surface area contributed by atoms with E-state index in [1.807, 2.05) is 0 Å². The van der Waals surface area contributed by atoms with E-state index in [1.165, 1.54) is 18.2 Å². The van der Waals surface area contributed by atoms with Crippen LogP contribution in [-0.4, -0.2) is 22.2 Å². The summed E-state index contributed by atoms with van der Waals surface area (Å²) < 4.78 is 0. The number of alkyl halides is 2. The van der Waals surface area contributed by atoms with Crippen molar-refractivity contribution in [1.29, 1.82) is 0 Å². The van der Waals surface area contributed by atoms with Gasteiger partial charge in [0.1, 0.15) is 4.84 Å². The largest absolute Gasteiger partial charge is 0.478 e. The Morgan fingerprint density at radius 1 is 0.857 bits per heavy atom. The molecule has 0 aromatic heterocycles. The highest BCUT2D eigenvalue weighted by molar-refractivity contribution is 6.44. The number of carbonyl (C=O) groups is 2. The van der Waals surface area contributed by atoms with Gasteiger partial charge in [0.15, 0.2) is 0 Å². The van der Waals surface area contributed by atoms with Gasteiger partial charge in [-0.15, -0.1) is 23.2 Å². The average Bonchev–Trinajstić information content (AvgIpc) is 2.46. The molecule has 0 saturated carbocycles. The molecule has 0 aliphatic heterocycles. The lowest BCUT2D eigenvalue weighted by Crippen LogP contribution is -2.07. The number of hydrogen-bond acceptors (Lipinski definition) is 2. The van der Waals surface area contributed by atoms with E-state index in [9.17, 15) is 19.8 Å². The number of carboxylic acids is 2. The molecule has 0 fully saturated rings. The third-order valence-electron chi connectivity index (χ3n) is 2.99. The Balaban J connectivity index is 2.79. The van der Waals surface area contributed by atoms with Crippen LogP contribution in [0, 0.1) is 0 Å². The molecule has 0 heterocycles. The number of aromatic carboxylic acids is 2. The minimum Gasteiger partial charge on any atom is -0.478 e. The van der Waals surface area contributed by atoms with Gasteiger partial charge in [0.2, 0.25) is 0 Å². The van der Waals surface area contributed by atoms with Gasteiger partial charge in [-0.1, -0.05) is 36.4 Å². The molecule has 21 heavy (non-hydrogen) atoms. The predicted octanol–water partition coefficient (Wildman–Crippen LogP) is 4.23. The Bertz CT molecular complexity index is 711. The zero-order valence-electron chi connectivity index (χ0n) is 10.6. The fraction of sp³-hybridized carbons (Fsp3) is 0.0667. The molecule has 108 valence electrons. The minimum atomic E-state index is -1.22. The SMILES string of the molecule is O=C(O)c1ccccc1-c1cccc(C(Cl)Cl)c1C(=O)O. The van der Waals surface area contributed by atoms with Crippen LogP contribution in [0.3, 0.4) is 0 Å². The summed E-state index contributed by atoms with van der Waals surface area (Å²) in [6.45, 7) is 0. The topological polar surface area (TPSA) is 74.6 Å². The van der Waals surface area contributed by atoms with E-state index >= 15 is 0 Å². The molecular formula is C15H10Cl2O4. The molecule has 6 heteroatoms. The first kappa shape index (κ1) is 15.4. The first-order chi connectivity index (χ1) is 9.93. The van der Waals surface area contributed by atoms with Crippen molar-refractivity contribution >= 4 is 35.1 Å². The normalized spacial score (nSPS) is 10.6. The van der Waals surface area contributed by atoms with Gasteiger partial charge in [-0.2, -0.15) is 0 Å². The molecule has 2 aromatic rings. The van der Waals surface area contributed by atoms with Crippen molar-refractivity contribution in [3.63, 3.8) is 0 Å². The van der Waals surface area contributed by atoms with Crippen LogP contribution in [0.4, 0.5) is 0 Å². The number of hydrogen-bond donors (Lipinski definition) is 2. The number of rotatable bonds is 4. The van der Waals surface area contributed by atoms with E-state index < -0.39 is 16.8 Å². The summed E-state index contributed by atoms with van der Waals surface area (Å²) >= 11 is 11.6. The van der Waals surface area contributed by atoms with Crippen LogP contribution in [0.25, 0.3) is 11.1 Å². The molecule has 0 amide bonds. The third kappa shape index (κ3) is 3.01. The Morgan fingerprint density at radius 2 is 1.48 bits per heavy atom. The van der Waals surface area contributed by atoms with Crippen molar-refractivity contribution in [3.05, 3.63) is 59.2 Å². The summed E-state index contributed by atoms with van der Waals surface area (Å²) in [6.07, 6.45) is 0. The molecule has 0 bridgehead atoms. The zero-order valence-corrected chi connectivity index (χ0v) is 12.1. The highest BCUT2D eigenvalue weighted by Gasteiger charge is 2.22. The molecule has 4 nitrogen and oxygen atoms in total. The molecule has 2 aromatic carbocycles. The summed E-state index contributed by atoms with van der Waals surface area (Å²) in [4.78, 5) is 21.8. The van der Waals surface area contributed by atoms with Gasteiger partial charge in [0.05, 0.1) is 11.1 Å². The third-order valence-corrected chi connectivity index (χ3v) is 3.46. The van der Waals surface area contributed by atoms with Gasteiger partial charge in [-0.05, 0) is 22.8 Å². The Kier molecular flexibility index (Phi) is 4.50. The number of benzene rings is 2. The van der Waals surface area contributed by atoms with Crippen LogP contribution < -0.4 is 0 Å². The second-order valence-corrected chi connectivity index (χ2v) is 5.32. The monoisotopic (exact) mass is 324 g/mol. The van der Waals surface area contributed by atoms with Gasteiger partial charge in [-0.3, -0.25) is 0 Å². The fourth-order valence-electron chi connectivity index (χ4n) is 2.12. The van der Waals surface area contributed by atoms with Crippen molar-refractivity contribution in [2.75, 3.05) is 0 Å². The van der Waals surface area contributed by atoms with Crippen LogP contribution in [0.5, 0.6) is 0 Å². The van der Waals surface area contributed by atoms with E-state index in [2.05, 4.69) is 0 Å². The quantitative estimate of drug-likeness (QED) is 0.825. The summed E-state index contributed by atoms with van der Waals surface area (Å²) in [5.74, 6) is -2.35. The number of carboxylic acid groups (broad SMARTS) is 2. The lowest BCUT2D eigenvalue weighted by molar-refractivity contribution is 0.0684. The van der Waals surface area contributed by atoms with Gasteiger partial charge in [0, 0.05) is 0 Å². The Morgan fingerprint density at radius 3 is 2.05 bits per heavy atom. The smallest absolute Gasteiger partial charge is 0.336 e. The summed E-state index contributed by atoms with van der Waals surface area (Å²) in [5, 5.41) is 18.7. The predicted molar refractivity (Wildman–Crippen MR) is 80.2 cm³/mol. The summed E-state index contributed by atoms with van der Waals surface area (Å²) in [5.41, 5.74) is 0.713. The van der Waals surface area contributed by atoms with Crippen LogP contribution in [0.2, 0.25) is 0 Å². The van der Waals surface area contributed by atoms with Crippen LogP contribution in [0.15, 0.2) is 42.5 Å². The Labute approximate surface area is 130 Å². The van der Waals surface area contributed by atoms with Gasteiger partial charge < -0.3 is 10.2 Å². The Hall–Kier alpha value is -2.04. The summed E-state index contributed by atoms with van der Waals surface area (Å²) in [6, 6.07) is 10.8. The van der Waals surface area contributed by atoms with E-state index in [4.69, 9.17) is 23.2 Å². The zero-order chi connectivity index (χ0) is 15.6.